The zero-order valence-electron chi connectivity index (χ0n) is 8.66. The molecule has 1 rings (SSSR count). The molecule has 4 nitrogen and oxygen atoms in total. The molecule has 82 valence electrons. The van der Waals surface area contributed by atoms with Gasteiger partial charge in [0, 0.05) is 0 Å². The summed E-state index contributed by atoms with van der Waals surface area (Å²) in [6.07, 6.45) is 3.78. The van der Waals surface area contributed by atoms with E-state index in [-0.39, 0.29) is 18.6 Å². The molecule has 1 saturated carbocycles. The molecule has 1 aliphatic rings. The standard InChI is InChI=1S/C10H19NO3/c1-14-10(13)7-11-6-8-2-4-9(12)5-3-8/h8-9,11-12H,2-7H2,1H3. The lowest BCUT2D eigenvalue weighted by Gasteiger charge is -2.25. The van der Waals surface area contributed by atoms with Crippen molar-refractivity contribution in [1.29, 1.82) is 0 Å². The number of nitrogens with one attached hydrogen (secondary N) is 1. The van der Waals surface area contributed by atoms with Crippen molar-refractivity contribution in [3.63, 3.8) is 0 Å². The van der Waals surface area contributed by atoms with Crippen LogP contribution in [0.15, 0.2) is 0 Å². The predicted molar refractivity (Wildman–Crippen MR) is 52.9 cm³/mol. The lowest BCUT2D eigenvalue weighted by atomic mass is 9.87. The van der Waals surface area contributed by atoms with Crippen molar-refractivity contribution in [3.05, 3.63) is 0 Å². The van der Waals surface area contributed by atoms with E-state index in [1.807, 2.05) is 0 Å². The topological polar surface area (TPSA) is 58.6 Å². The highest BCUT2D eigenvalue weighted by molar-refractivity contribution is 5.71. The summed E-state index contributed by atoms with van der Waals surface area (Å²) in [4.78, 5) is 10.8. The molecule has 0 aromatic rings. The number of carbonyl (C=O) groups excluding carboxylic acids is 1. The third-order valence-electron chi connectivity index (χ3n) is 2.75. The minimum atomic E-state index is -0.221. The van der Waals surface area contributed by atoms with E-state index in [0.717, 1.165) is 32.2 Å². The maximum absolute atomic E-state index is 10.8. The number of rotatable bonds is 4. The molecule has 0 heterocycles. The fraction of sp³-hybridized carbons (Fsp3) is 0.900. The van der Waals surface area contributed by atoms with Crippen LogP contribution in [0.3, 0.4) is 0 Å². The van der Waals surface area contributed by atoms with Gasteiger partial charge in [-0.15, -0.1) is 0 Å². The van der Waals surface area contributed by atoms with Gasteiger partial charge in [0.2, 0.25) is 0 Å². The lowest BCUT2D eigenvalue weighted by Crippen LogP contribution is -2.31. The Morgan fingerprint density at radius 1 is 1.43 bits per heavy atom. The minimum Gasteiger partial charge on any atom is -0.468 e. The molecule has 0 radical (unpaired) electrons. The lowest BCUT2D eigenvalue weighted by molar-refractivity contribution is -0.139. The highest BCUT2D eigenvalue weighted by atomic mass is 16.5. The monoisotopic (exact) mass is 201 g/mol. The van der Waals surface area contributed by atoms with Crippen LogP contribution >= 0.6 is 0 Å². The van der Waals surface area contributed by atoms with E-state index in [4.69, 9.17) is 0 Å². The first-order chi connectivity index (χ1) is 6.72. The van der Waals surface area contributed by atoms with Crippen LogP contribution in [-0.4, -0.2) is 37.4 Å². The van der Waals surface area contributed by atoms with E-state index in [0.29, 0.717) is 5.92 Å². The molecule has 1 fully saturated rings. The maximum Gasteiger partial charge on any atom is 0.319 e. The van der Waals surface area contributed by atoms with Crippen molar-refractivity contribution in [2.24, 2.45) is 5.92 Å². The Bertz CT molecular complexity index is 176. The smallest absolute Gasteiger partial charge is 0.319 e. The molecule has 4 heteroatoms. The van der Waals surface area contributed by atoms with Gasteiger partial charge in [-0.3, -0.25) is 4.79 Å². The van der Waals surface area contributed by atoms with Gasteiger partial charge in [0.15, 0.2) is 0 Å². The van der Waals surface area contributed by atoms with E-state index >= 15 is 0 Å². The van der Waals surface area contributed by atoms with Crippen LogP contribution in [0.2, 0.25) is 0 Å². The van der Waals surface area contributed by atoms with Gasteiger partial charge in [0.1, 0.15) is 0 Å². The summed E-state index contributed by atoms with van der Waals surface area (Å²) >= 11 is 0. The summed E-state index contributed by atoms with van der Waals surface area (Å²) in [7, 11) is 1.39. The van der Waals surface area contributed by atoms with Crippen molar-refractivity contribution in [2.45, 2.75) is 31.8 Å². The first kappa shape index (κ1) is 11.5. The first-order valence-corrected chi connectivity index (χ1v) is 5.18. The summed E-state index contributed by atoms with van der Waals surface area (Å²) in [5.74, 6) is 0.379. The van der Waals surface area contributed by atoms with E-state index in [1.54, 1.807) is 0 Å². The summed E-state index contributed by atoms with van der Waals surface area (Å²) < 4.78 is 4.52. The van der Waals surface area contributed by atoms with E-state index in [9.17, 15) is 9.90 Å². The Labute approximate surface area is 84.6 Å². The number of esters is 1. The molecule has 0 aliphatic heterocycles. The number of carbonyl (C=O) groups is 1. The number of ether oxygens (including phenoxy) is 1. The van der Waals surface area contributed by atoms with Gasteiger partial charge in [-0.25, -0.2) is 0 Å². The summed E-state index contributed by atoms with van der Waals surface area (Å²) in [5.41, 5.74) is 0. The van der Waals surface area contributed by atoms with Crippen LogP contribution in [-0.2, 0) is 9.53 Å². The Morgan fingerprint density at radius 2 is 2.07 bits per heavy atom. The third kappa shape index (κ3) is 4.07. The van der Waals surface area contributed by atoms with E-state index < -0.39 is 0 Å². The Hall–Kier alpha value is -0.610. The molecule has 0 bridgehead atoms. The van der Waals surface area contributed by atoms with Gasteiger partial charge in [-0.1, -0.05) is 0 Å². The third-order valence-corrected chi connectivity index (χ3v) is 2.75. The molecule has 0 aromatic heterocycles. The number of hydrogen-bond donors (Lipinski definition) is 2. The number of aliphatic hydroxyl groups excluding tert-OH is 1. The largest absolute Gasteiger partial charge is 0.468 e. The predicted octanol–water partition coefficient (Wildman–Crippen LogP) is 0.300. The molecule has 0 amide bonds. The highest BCUT2D eigenvalue weighted by Gasteiger charge is 2.18. The molecular weight excluding hydrogens is 182 g/mol. The summed E-state index contributed by atoms with van der Waals surface area (Å²) in [6, 6.07) is 0. The molecule has 0 spiro atoms. The van der Waals surface area contributed by atoms with Crippen LogP contribution in [0.5, 0.6) is 0 Å². The Kier molecular flexibility index (Phi) is 4.90. The van der Waals surface area contributed by atoms with Crippen LogP contribution in [0.25, 0.3) is 0 Å². The van der Waals surface area contributed by atoms with Crippen molar-refractivity contribution < 1.29 is 14.6 Å². The van der Waals surface area contributed by atoms with Gasteiger partial charge in [-0.2, -0.15) is 0 Å². The fourth-order valence-corrected chi connectivity index (χ4v) is 1.80. The van der Waals surface area contributed by atoms with Crippen molar-refractivity contribution in [1.82, 2.24) is 5.32 Å². The zero-order chi connectivity index (χ0) is 10.4. The fourth-order valence-electron chi connectivity index (χ4n) is 1.80. The second-order valence-electron chi connectivity index (χ2n) is 3.88. The summed E-state index contributed by atoms with van der Waals surface area (Å²) in [5, 5.41) is 12.3. The van der Waals surface area contributed by atoms with Crippen LogP contribution in [0.1, 0.15) is 25.7 Å². The number of hydrogen-bond acceptors (Lipinski definition) is 4. The minimum absolute atomic E-state index is 0.105. The summed E-state index contributed by atoms with van der Waals surface area (Å²) in [6.45, 7) is 1.14. The van der Waals surface area contributed by atoms with Crippen LogP contribution in [0, 0.1) is 5.92 Å². The second kappa shape index (κ2) is 5.98. The first-order valence-electron chi connectivity index (χ1n) is 5.18. The van der Waals surface area contributed by atoms with Gasteiger partial charge in [0.05, 0.1) is 19.8 Å². The molecule has 14 heavy (non-hydrogen) atoms. The maximum atomic E-state index is 10.8. The normalized spacial score (nSPS) is 27.3. The van der Waals surface area contributed by atoms with Gasteiger partial charge < -0.3 is 15.2 Å². The van der Waals surface area contributed by atoms with Gasteiger partial charge in [-0.05, 0) is 38.1 Å². The highest BCUT2D eigenvalue weighted by Crippen LogP contribution is 2.23. The van der Waals surface area contributed by atoms with Crippen molar-refractivity contribution in [3.8, 4) is 0 Å². The van der Waals surface area contributed by atoms with E-state index in [2.05, 4.69) is 10.1 Å². The zero-order valence-corrected chi connectivity index (χ0v) is 8.66. The van der Waals surface area contributed by atoms with Crippen molar-refractivity contribution >= 4 is 5.97 Å². The molecule has 0 unspecified atom stereocenters. The molecule has 0 atom stereocenters. The van der Waals surface area contributed by atoms with Gasteiger partial charge >= 0.3 is 5.97 Å². The average molecular weight is 201 g/mol. The molecular formula is C10H19NO3. The van der Waals surface area contributed by atoms with Crippen LogP contribution < -0.4 is 5.32 Å². The quantitative estimate of drug-likeness (QED) is 0.642. The Morgan fingerprint density at radius 3 is 2.64 bits per heavy atom. The Balaban J connectivity index is 2.04. The number of methoxy groups -OCH3 is 1. The number of aliphatic hydroxyl groups is 1. The molecule has 0 aromatic carbocycles. The SMILES string of the molecule is COC(=O)CNCC1CCC(O)CC1. The molecule has 1 aliphatic carbocycles. The van der Waals surface area contributed by atoms with Gasteiger partial charge in [0.25, 0.3) is 0 Å². The van der Waals surface area contributed by atoms with Crippen molar-refractivity contribution in [2.75, 3.05) is 20.2 Å². The van der Waals surface area contributed by atoms with Crippen LogP contribution in [0.4, 0.5) is 0 Å². The van der Waals surface area contributed by atoms with E-state index in [1.165, 1.54) is 7.11 Å². The molecule has 0 saturated heterocycles. The average Bonchev–Trinajstić information content (AvgIpc) is 2.21. The molecule has 2 N–H and O–H groups in total. The second-order valence-corrected chi connectivity index (χ2v) is 3.88.